The van der Waals surface area contributed by atoms with Gasteiger partial charge in [0.15, 0.2) is 0 Å². The van der Waals surface area contributed by atoms with Crippen molar-refractivity contribution in [2.75, 3.05) is 6.54 Å². The van der Waals surface area contributed by atoms with Crippen LogP contribution in [0.25, 0.3) is 10.2 Å². The number of amides is 1. The third-order valence-electron chi connectivity index (χ3n) is 3.73. The molecule has 1 N–H and O–H groups in total. The number of halogens is 1. The summed E-state index contributed by atoms with van der Waals surface area (Å²) >= 11 is 5.19. The Balaban J connectivity index is 1.75. The molecule has 3 aromatic heterocycles. The number of nitrogens with zero attached hydrogens (tertiary/aromatic N) is 2. The fourth-order valence-electron chi connectivity index (χ4n) is 2.70. The molecular formula is C18H20BrN3OS. The van der Waals surface area contributed by atoms with Crippen LogP contribution in [0.5, 0.6) is 0 Å². The number of aromatic nitrogens is 2. The zero-order valence-electron chi connectivity index (χ0n) is 13.8. The number of hydrogen-bond acceptors (Lipinski definition) is 3. The second kappa shape index (κ2) is 7.49. The summed E-state index contributed by atoms with van der Waals surface area (Å²) in [6.45, 7) is 5.74. The molecule has 0 saturated heterocycles. The molecule has 0 atom stereocenters. The Morgan fingerprint density at radius 1 is 1.38 bits per heavy atom. The van der Waals surface area contributed by atoms with E-state index in [-0.39, 0.29) is 5.91 Å². The van der Waals surface area contributed by atoms with Gasteiger partial charge in [0, 0.05) is 31.4 Å². The number of fused-ring (bicyclic) bond motifs is 1. The second-order valence-corrected chi connectivity index (χ2v) is 8.62. The number of nitrogens with one attached hydrogen (secondary N) is 1. The van der Waals surface area contributed by atoms with Crippen LogP contribution in [0.3, 0.4) is 0 Å². The average Bonchev–Trinajstić information content (AvgIpc) is 3.05. The minimum absolute atomic E-state index is 0.0221. The number of rotatable bonds is 6. The molecule has 6 heteroatoms. The molecule has 0 aromatic carbocycles. The molecule has 0 radical (unpaired) electrons. The number of carbonyl (C=O) groups excluding carboxylic acids is 1. The molecule has 0 unspecified atom stereocenters. The van der Waals surface area contributed by atoms with E-state index in [2.05, 4.69) is 50.7 Å². The molecule has 3 aromatic rings. The molecule has 24 heavy (non-hydrogen) atoms. The van der Waals surface area contributed by atoms with Crippen molar-refractivity contribution in [1.82, 2.24) is 14.9 Å². The van der Waals surface area contributed by atoms with E-state index < -0.39 is 0 Å². The molecule has 0 aliphatic rings. The SMILES string of the molecule is CC(C)Cn1c(C(=O)NCCc2ccccn2)cc2sc(Br)cc21. The van der Waals surface area contributed by atoms with Crippen molar-refractivity contribution < 1.29 is 4.79 Å². The van der Waals surface area contributed by atoms with Crippen molar-refractivity contribution in [1.29, 1.82) is 0 Å². The molecule has 0 spiro atoms. The van der Waals surface area contributed by atoms with Gasteiger partial charge in [0.1, 0.15) is 5.69 Å². The molecule has 0 aliphatic heterocycles. The quantitative estimate of drug-likeness (QED) is 0.656. The second-order valence-electron chi connectivity index (χ2n) is 6.16. The lowest BCUT2D eigenvalue weighted by Crippen LogP contribution is -2.28. The summed E-state index contributed by atoms with van der Waals surface area (Å²) in [5, 5.41) is 3.02. The van der Waals surface area contributed by atoms with Crippen LogP contribution in [0.15, 0.2) is 40.3 Å². The third-order valence-corrected chi connectivity index (χ3v) is 5.31. The maximum absolute atomic E-state index is 12.6. The van der Waals surface area contributed by atoms with Crippen molar-refractivity contribution in [2.24, 2.45) is 5.92 Å². The maximum atomic E-state index is 12.6. The molecule has 126 valence electrons. The van der Waals surface area contributed by atoms with Gasteiger partial charge < -0.3 is 9.88 Å². The van der Waals surface area contributed by atoms with Gasteiger partial charge in [-0.25, -0.2) is 0 Å². The van der Waals surface area contributed by atoms with Crippen LogP contribution < -0.4 is 5.32 Å². The fourth-order valence-corrected chi connectivity index (χ4v) is 4.27. The summed E-state index contributed by atoms with van der Waals surface area (Å²) in [5.41, 5.74) is 2.84. The van der Waals surface area contributed by atoms with E-state index in [1.165, 1.54) is 0 Å². The Hall–Kier alpha value is -1.66. The Morgan fingerprint density at radius 2 is 2.21 bits per heavy atom. The molecule has 0 saturated carbocycles. The van der Waals surface area contributed by atoms with Gasteiger partial charge in [-0.15, -0.1) is 11.3 Å². The fraction of sp³-hybridized carbons (Fsp3) is 0.333. The zero-order valence-corrected chi connectivity index (χ0v) is 16.2. The maximum Gasteiger partial charge on any atom is 0.267 e. The van der Waals surface area contributed by atoms with Gasteiger partial charge in [0.05, 0.1) is 14.0 Å². The Bertz CT molecular complexity index is 839. The van der Waals surface area contributed by atoms with Crippen LogP contribution in [0.1, 0.15) is 30.0 Å². The van der Waals surface area contributed by atoms with Crippen LogP contribution >= 0.6 is 27.3 Å². The molecular weight excluding hydrogens is 386 g/mol. The normalized spacial score (nSPS) is 11.3. The average molecular weight is 406 g/mol. The van der Waals surface area contributed by atoms with Gasteiger partial charge in [-0.2, -0.15) is 0 Å². The first-order valence-electron chi connectivity index (χ1n) is 8.01. The molecule has 3 heterocycles. The molecule has 0 fully saturated rings. The van der Waals surface area contributed by atoms with Crippen molar-refractivity contribution in [3.05, 3.63) is 51.7 Å². The van der Waals surface area contributed by atoms with Gasteiger partial charge >= 0.3 is 0 Å². The summed E-state index contributed by atoms with van der Waals surface area (Å²) in [6.07, 6.45) is 2.51. The first-order chi connectivity index (χ1) is 11.5. The van der Waals surface area contributed by atoms with E-state index in [1.54, 1.807) is 17.5 Å². The van der Waals surface area contributed by atoms with Gasteiger partial charge in [0.2, 0.25) is 0 Å². The van der Waals surface area contributed by atoms with Gasteiger partial charge in [-0.3, -0.25) is 9.78 Å². The largest absolute Gasteiger partial charge is 0.350 e. The van der Waals surface area contributed by atoms with Crippen LogP contribution in [0.2, 0.25) is 0 Å². The number of thiophene rings is 1. The van der Waals surface area contributed by atoms with E-state index in [0.717, 1.165) is 38.4 Å². The van der Waals surface area contributed by atoms with Crippen LogP contribution in [-0.2, 0) is 13.0 Å². The van der Waals surface area contributed by atoms with Crippen molar-refractivity contribution in [2.45, 2.75) is 26.8 Å². The first-order valence-corrected chi connectivity index (χ1v) is 9.62. The zero-order chi connectivity index (χ0) is 17.1. The predicted octanol–water partition coefficient (Wildman–Crippen LogP) is 4.49. The molecule has 3 rings (SSSR count). The van der Waals surface area contributed by atoms with E-state index in [9.17, 15) is 4.79 Å². The highest BCUT2D eigenvalue weighted by atomic mass is 79.9. The highest BCUT2D eigenvalue weighted by molar-refractivity contribution is 9.11. The Kier molecular flexibility index (Phi) is 5.36. The monoisotopic (exact) mass is 405 g/mol. The van der Waals surface area contributed by atoms with Crippen molar-refractivity contribution in [3.63, 3.8) is 0 Å². The summed E-state index contributed by atoms with van der Waals surface area (Å²) < 4.78 is 4.35. The Morgan fingerprint density at radius 3 is 2.92 bits per heavy atom. The topological polar surface area (TPSA) is 46.9 Å². The summed E-state index contributed by atoms with van der Waals surface area (Å²) in [5.74, 6) is 0.449. The predicted molar refractivity (Wildman–Crippen MR) is 103 cm³/mol. The van der Waals surface area contributed by atoms with Crippen LogP contribution in [0.4, 0.5) is 0 Å². The molecule has 0 aliphatic carbocycles. The lowest BCUT2D eigenvalue weighted by Gasteiger charge is -2.13. The first kappa shape index (κ1) is 17.2. The van der Waals surface area contributed by atoms with Crippen molar-refractivity contribution >= 4 is 43.4 Å². The number of carbonyl (C=O) groups is 1. The highest BCUT2D eigenvalue weighted by Crippen LogP contribution is 2.32. The minimum Gasteiger partial charge on any atom is -0.350 e. The smallest absolute Gasteiger partial charge is 0.267 e. The molecule has 1 amide bonds. The summed E-state index contributed by atoms with van der Waals surface area (Å²) in [4.78, 5) is 16.9. The van der Waals surface area contributed by atoms with E-state index in [0.29, 0.717) is 12.5 Å². The van der Waals surface area contributed by atoms with Crippen LogP contribution in [0, 0.1) is 5.92 Å². The van der Waals surface area contributed by atoms with Gasteiger partial charge in [-0.1, -0.05) is 19.9 Å². The standard InChI is InChI=1S/C18H20BrN3OS/c1-12(2)11-22-14-10-17(19)24-16(14)9-15(22)18(23)21-8-6-13-5-3-4-7-20-13/h3-5,7,9-10,12H,6,8,11H2,1-2H3,(H,21,23). The number of hydrogen-bond donors (Lipinski definition) is 1. The van der Waals surface area contributed by atoms with E-state index in [1.807, 2.05) is 24.3 Å². The van der Waals surface area contributed by atoms with Crippen LogP contribution in [-0.4, -0.2) is 22.0 Å². The van der Waals surface area contributed by atoms with Crippen molar-refractivity contribution in [3.8, 4) is 0 Å². The third kappa shape index (κ3) is 3.87. The molecule has 0 bridgehead atoms. The minimum atomic E-state index is -0.0221. The summed E-state index contributed by atoms with van der Waals surface area (Å²) in [6, 6.07) is 9.91. The molecule has 4 nitrogen and oxygen atoms in total. The van der Waals surface area contributed by atoms with E-state index in [4.69, 9.17) is 0 Å². The Labute approximate surface area is 154 Å². The van der Waals surface area contributed by atoms with Gasteiger partial charge in [-0.05, 0) is 46.1 Å². The lowest BCUT2D eigenvalue weighted by atomic mass is 10.2. The van der Waals surface area contributed by atoms with Gasteiger partial charge in [0.25, 0.3) is 5.91 Å². The highest BCUT2D eigenvalue weighted by Gasteiger charge is 2.18. The lowest BCUT2D eigenvalue weighted by molar-refractivity contribution is 0.0944. The van der Waals surface area contributed by atoms with E-state index >= 15 is 0 Å². The number of pyridine rings is 1. The summed E-state index contributed by atoms with van der Waals surface area (Å²) in [7, 11) is 0.